The number of aliphatic hydroxyl groups is 1. The fourth-order valence-electron chi connectivity index (χ4n) is 1.17. The average molecular weight is 175 g/mol. The summed E-state index contributed by atoms with van der Waals surface area (Å²) in [5, 5.41) is 18.2. The number of hydrogen-bond acceptors (Lipinski definition) is 3. The lowest BCUT2D eigenvalue weighted by molar-refractivity contribution is -0.0208. The number of ether oxygens (including phenoxy) is 1. The van der Waals surface area contributed by atoms with Crippen molar-refractivity contribution in [2.24, 2.45) is 0 Å². The molecule has 0 aromatic heterocycles. The van der Waals surface area contributed by atoms with E-state index in [1.165, 1.54) is 0 Å². The molecule has 1 aliphatic rings. The molecule has 1 amide bonds. The van der Waals surface area contributed by atoms with Crippen LogP contribution >= 0.6 is 0 Å². The lowest BCUT2D eigenvalue weighted by Crippen LogP contribution is -2.43. The maximum Gasteiger partial charge on any atom is 0.407 e. The van der Waals surface area contributed by atoms with Gasteiger partial charge < -0.3 is 19.8 Å². The van der Waals surface area contributed by atoms with Crippen LogP contribution in [0.5, 0.6) is 0 Å². The third kappa shape index (κ3) is 2.35. The zero-order valence-electron chi connectivity index (χ0n) is 6.99. The van der Waals surface area contributed by atoms with Crippen molar-refractivity contribution in [1.29, 1.82) is 0 Å². The lowest BCUT2D eigenvalue weighted by atomic mass is 10.1. The Bertz CT molecular complexity index is 180. The van der Waals surface area contributed by atoms with Crippen LogP contribution in [0.3, 0.4) is 0 Å². The second-order valence-corrected chi connectivity index (χ2v) is 3.25. The van der Waals surface area contributed by atoms with Gasteiger partial charge in [-0.2, -0.15) is 0 Å². The fraction of sp³-hybridized carbons (Fsp3) is 0.857. The van der Waals surface area contributed by atoms with E-state index in [9.17, 15) is 9.90 Å². The van der Waals surface area contributed by atoms with E-state index in [1.807, 2.05) is 0 Å². The molecule has 1 aliphatic heterocycles. The predicted molar refractivity (Wildman–Crippen MR) is 41.0 cm³/mol. The molecule has 70 valence electrons. The van der Waals surface area contributed by atoms with Gasteiger partial charge in [-0.1, -0.05) is 0 Å². The minimum atomic E-state index is -1.06. The third-order valence-corrected chi connectivity index (χ3v) is 1.72. The summed E-state index contributed by atoms with van der Waals surface area (Å²) in [6, 6.07) is 0. The van der Waals surface area contributed by atoms with Gasteiger partial charge in [-0.15, -0.1) is 0 Å². The Hall–Kier alpha value is -0.810. The molecule has 0 radical (unpaired) electrons. The molecule has 5 nitrogen and oxygen atoms in total. The van der Waals surface area contributed by atoms with Crippen LogP contribution in [-0.2, 0) is 4.74 Å². The lowest BCUT2D eigenvalue weighted by Gasteiger charge is -2.24. The van der Waals surface area contributed by atoms with E-state index in [2.05, 4.69) is 0 Å². The van der Waals surface area contributed by atoms with Gasteiger partial charge in [0, 0.05) is 6.54 Å². The van der Waals surface area contributed by atoms with Crippen molar-refractivity contribution in [1.82, 2.24) is 4.90 Å². The van der Waals surface area contributed by atoms with Crippen molar-refractivity contribution >= 4 is 6.09 Å². The molecular weight excluding hydrogens is 162 g/mol. The molecule has 2 N–H and O–H groups in total. The fourth-order valence-corrected chi connectivity index (χ4v) is 1.17. The molecule has 0 bridgehead atoms. The first-order valence-electron chi connectivity index (χ1n) is 3.79. The minimum Gasteiger partial charge on any atom is -0.465 e. The quantitative estimate of drug-likeness (QED) is 0.532. The molecule has 1 heterocycles. The van der Waals surface area contributed by atoms with Crippen LogP contribution in [0.15, 0.2) is 0 Å². The van der Waals surface area contributed by atoms with Crippen LogP contribution in [0.1, 0.15) is 6.92 Å². The molecule has 1 rings (SSSR count). The van der Waals surface area contributed by atoms with E-state index < -0.39 is 11.7 Å². The van der Waals surface area contributed by atoms with Gasteiger partial charge in [0.25, 0.3) is 0 Å². The Balaban J connectivity index is 2.60. The molecule has 1 fully saturated rings. The van der Waals surface area contributed by atoms with E-state index >= 15 is 0 Å². The van der Waals surface area contributed by atoms with Crippen LogP contribution < -0.4 is 0 Å². The summed E-state index contributed by atoms with van der Waals surface area (Å²) in [5.41, 5.74) is -1.06. The standard InChI is InChI=1S/C7H13NO4/c1-7(11)4-8(6(9)10)2-3-12-5-7/h11H,2-5H2,1H3,(H,9,10). The van der Waals surface area contributed by atoms with Gasteiger partial charge in [0.15, 0.2) is 0 Å². The van der Waals surface area contributed by atoms with Crippen molar-refractivity contribution in [3.63, 3.8) is 0 Å². The normalized spacial score (nSPS) is 31.3. The van der Waals surface area contributed by atoms with Crippen molar-refractivity contribution in [3.8, 4) is 0 Å². The molecule has 0 aromatic rings. The summed E-state index contributed by atoms with van der Waals surface area (Å²) in [7, 11) is 0. The first-order chi connectivity index (χ1) is 5.51. The molecule has 0 aromatic carbocycles. The summed E-state index contributed by atoms with van der Waals surface area (Å²) in [6.07, 6.45) is -1.01. The largest absolute Gasteiger partial charge is 0.465 e. The minimum absolute atomic E-state index is 0.113. The number of β-amino-alcohol motifs (C(OH)–C–C–N with tert-alkyl or cyclic N) is 1. The maximum atomic E-state index is 10.6. The average Bonchev–Trinajstić information content (AvgIpc) is 2.10. The highest BCUT2D eigenvalue weighted by Crippen LogP contribution is 2.10. The van der Waals surface area contributed by atoms with Gasteiger partial charge in [0.05, 0.1) is 19.8 Å². The zero-order chi connectivity index (χ0) is 9.19. The highest BCUT2D eigenvalue weighted by atomic mass is 16.5. The number of nitrogens with zero attached hydrogens (tertiary/aromatic N) is 1. The Morgan fingerprint density at radius 3 is 2.92 bits per heavy atom. The molecule has 1 atom stereocenters. The van der Waals surface area contributed by atoms with E-state index in [4.69, 9.17) is 9.84 Å². The van der Waals surface area contributed by atoms with Gasteiger partial charge in [-0.25, -0.2) is 4.79 Å². The van der Waals surface area contributed by atoms with Crippen molar-refractivity contribution in [3.05, 3.63) is 0 Å². The molecule has 0 saturated carbocycles. The number of amides is 1. The molecule has 0 aliphatic carbocycles. The Morgan fingerprint density at radius 2 is 2.33 bits per heavy atom. The number of hydrogen-bond donors (Lipinski definition) is 2. The highest BCUT2D eigenvalue weighted by molar-refractivity contribution is 5.65. The van der Waals surface area contributed by atoms with Crippen LogP contribution in [-0.4, -0.2) is 53.1 Å². The van der Waals surface area contributed by atoms with Gasteiger partial charge in [0.2, 0.25) is 0 Å². The smallest absolute Gasteiger partial charge is 0.407 e. The van der Waals surface area contributed by atoms with Crippen molar-refractivity contribution < 1.29 is 19.7 Å². The van der Waals surface area contributed by atoms with E-state index in [1.54, 1.807) is 6.92 Å². The third-order valence-electron chi connectivity index (χ3n) is 1.72. The SMILES string of the molecule is CC1(O)COCCN(C(=O)O)C1. The van der Waals surface area contributed by atoms with Crippen LogP contribution in [0.2, 0.25) is 0 Å². The maximum absolute atomic E-state index is 10.6. The topological polar surface area (TPSA) is 70.0 Å². The van der Waals surface area contributed by atoms with Crippen LogP contribution in [0.4, 0.5) is 4.79 Å². The van der Waals surface area contributed by atoms with E-state index in [0.29, 0.717) is 13.2 Å². The molecule has 12 heavy (non-hydrogen) atoms. The summed E-state index contributed by atoms with van der Waals surface area (Å²) < 4.78 is 5.04. The molecule has 1 unspecified atom stereocenters. The first kappa shape index (κ1) is 9.28. The number of carboxylic acid groups (broad SMARTS) is 1. The number of rotatable bonds is 0. The van der Waals surface area contributed by atoms with Crippen molar-refractivity contribution in [2.45, 2.75) is 12.5 Å². The molecular formula is C7H13NO4. The predicted octanol–water partition coefficient (Wildman–Crippen LogP) is -0.252. The summed E-state index contributed by atoms with van der Waals surface area (Å²) in [6.45, 7) is 2.54. The number of carbonyl (C=O) groups is 1. The Kier molecular flexibility index (Phi) is 2.54. The van der Waals surface area contributed by atoms with E-state index in [0.717, 1.165) is 4.90 Å². The van der Waals surface area contributed by atoms with Crippen LogP contribution in [0.25, 0.3) is 0 Å². The zero-order valence-corrected chi connectivity index (χ0v) is 6.99. The molecule has 0 spiro atoms. The summed E-state index contributed by atoms with van der Waals surface area (Å²) >= 11 is 0. The van der Waals surface area contributed by atoms with E-state index in [-0.39, 0.29) is 13.2 Å². The highest BCUT2D eigenvalue weighted by Gasteiger charge is 2.29. The Morgan fingerprint density at radius 1 is 1.67 bits per heavy atom. The van der Waals surface area contributed by atoms with Gasteiger partial charge >= 0.3 is 6.09 Å². The second kappa shape index (κ2) is 3.28. The summed E-state index contributed by atoms with van der Waals surface area (Å²) in [4.78, 5) is 11.7. The van der Waals surface area contributed by atoms with Crippen LogP contribution in [0, 0.1) is 0 Å². The summed E-state index contributed by atoms with van der Waals surface area (Å²) in [5.74, 6) is 0. The first-order valence-corrected chi connectivity index (χ1v) is 3.79. The van der Waals surface area contributed by atoms with Crippen molar-refractivity contribution in [2.75, 3.05) is 26.3 Å². The van der Waals surface area contributed by atoms with Gasteiger partial charge in [-0.3, -0.25) is 0 Å². The molecule has 1 saturated heterocycles. The van der Waals surface area contributed by atoms with Gasteiger partial charge in [-0.05, 0) is 6.92 Å². The monoisotopic (exact) mass is 175 g/mol. The molecule has 5 heteroatoms. The Labute approximate surface area is 70.5 Å². The second-order valence-electron chi connectivity index (χ2n) is 3.25. The van der Waals surface area contributed by atoms with Gasteiger partial charge in [0.1, 0.15) is 5.60 Å².